The smallest absolute Gasteiger partial charge is 0.248 e. The molecule has 0 bridgehead atoms. The first kappa shape index (κ1) is 11.0. The monoisotopic (exact) mass is 237 g/mol. The third-order valence-electron chi connectivity index (χ3n) is 4.39. The summed E-state index contributed by atoms with van der Waals surface area (Å²) in [6.45, 7) is 2.89. The number of nitrogens with one attached hydrogen (secondary N) is 1. The first-order valence-corrected chi connectivity index (χ1v) is 6.24. The van der Waals surface area contributed by atoms with Gasteiger partial charge in [-0.25, -0.2) is 8.78 Å². The van der Waals surface area contributed by atoms with Gasteiger partial charge in [0, 0.05) is 30.5 Å². The highest BCUT2D eigenvalue weighted by molar-refractivity contribution is 5.65. The second kappa shape index (κ2) is 3.44. The molecule has 0 unspecified atom stereocenters. The molecule has 0 amide bonds. The molecule has 1 nitrogen and oxygen atoms in total. The van der Waals surface area contributed by atoms with Crippen LogP contribution in [0.4, 0.5) is 14.5 Å². The molecular formula is C14H17F2N. The molecule has 1 aliphatic carbocycles. The molecule has 1 saturated carbocycles. The highest BCUT2D eigenvalue weighted by Crippen LogP contribution is 2.50. The second-order valence-corrected chi connectivity index (χ2v) is 5.49. The van der Waals surface area contributed by atoms with E-state index in [9.17, 15) is 8.78 Å². The number of anilines is 1. The SMILES string of the molecule is Cc1cccc2c1NCC21CCC(F)(F)CC1. The Morgan fingerprint density at radius 2 is 1.82 bits per heavy atom. The highest BCUT2D eigenvalue weighted by atomic mass is 19.3. The molecule has 1 fully saturated rings. The van der Waals surface area contributed by atoms with Gasteiger partial charge in [-0.3, -0.25) is 0 Å². The maximum absolute atomic E-state index is 13.3. The van der Waals surface area contributed by atoms with Crippen molar-refractivity contribution in [2.24, 2.45) is 0 Å². The number of alkyl halides is 2. The predicted molar refractivity (Wildman–Crippen MR) is 64.8 cm³/mol. The molecule has 0 saturated heterocycles. The number of fused-ring (bicyclic) bond motifs is 2. The van der Waals surface area contributed by atoms with Crippen LogP contribution in [0.25, 0.3) is 0 Å². The summed E-state index contributed by atoms with van der Waals surface area (Å²) in [6, 6.07) is 6.21. The Morgan fingerprint density at radius 3 is 2.53 bits per heavy atom. The van der Waals surface area contributed by atoms with Crippen molar-refractivity contribution in [2.45, 2.75) is 43.9 Å². The van der Waals surface area contributed by atoms with Crippen LogP contribution in [-0.4, -0.2) is 12.5 Å². The average Bonchev–Trinajstić information content (AvgIpc) is 2.65. The van der Waals surface area contributed by atoms with Gasteiger partial charge in [0.25, 0.3) is 0 Å². The molecule has 3 rings (SSSR count). The second-order valence-electron chi connectivity index (χ2n) is 5.49. The lowest BCUT2D eigenvalue weighted by Crippen LogP contribution is -2.37. The molecule has 92 valence electrons. The van der Waals surface area contributed by atoms with E-state index in [4.69, 9.17) is 0 Å². The van der Waals surface area contributed by atoms with Crippen molar-refractivity contribution in [2.75, 3.05) is 11.9 Å². The van der Waals surface area contributed by atoms with Gasteiger partial charge in [-0.2, -0.15) is 0 Å². The Morgan fingerprint density at radius 1 is 1.12 bits per heavy atom. The van der Waals surface area contributed by atoms with E-state index in [-0.39, 0.29) is 18.3 Å². The number of aryl methyl sites for hydroxylation is 1. The summed E-state index contributed by atoms with van der Waals surface area (Å²) in [7, 11) is 0. The topological polar surface area (TPSA) is 12.0 Å². The van der Waals surface area contributed by atoms with Gasteiger partial charge in [0.1, 0.15) is 0 Å². The molecular weight excluding hydrogens is 220 g/mol. The van der Waals surface area contributed by atoms with Crippen molar-refractivity contribution in [1.29, 1.82) is 0 Å². The minimum Gasteiger partial charge on any atom is -0.384 e. The molecule has 3 heteroatoms. The molecule has 1 spiro atoms. The van der Waals surface area contributed by atoms with E-state index in [0.717, 1.165) is 6.54 Å². The van der Waals surface area contributed by atoms with E-state index in [0.29, 0.717) is 12.8 Å². The molecule has 1 aromatic rings. The van der Waals surface area contributed by atoms with Gasteiger partial charge in [-0.05, 0) is 30.9 Å². The van der Waals surface area contributed by atoms with Gasteiger partial charge in [0.15, 0.2) is 0 Å². The van der Waals surface area contributed by atoms with E-state index in [1.807, 2.05) is 6.07 Å². The first-order chi connectivity index (χ1) is 8.03. The van der Waals surface area contributed by atoms with Crippen molar-refractivity contribution in [3.05, 3.63) is 29.3 Å². The van der Waals surface area contributed by atoms with E-state index < -0.39 is 5.92 Å². The first-order valence-electron chi connectivity index (χ1n) is 6.24. The number of benzene rings is 1. The number of halogens is 2. The Kier molecular flexibility index (Phi) is 2.22. The Balaban J connectivity index is 1.96. The molecule has 0 aromatic heterocycles. The van der Waals surface area contributed by atoms with Crippen LogP contribution >= 0.6 is 0 Å². The van der Waals surface area contributed by atoms with E-state index in [1.165, 1.54) is 16.8 Å². The van der Waals surface area contributed by atoms with Crippen molar-refractivity contribution in [1.82, 2.24) is 0 Å². The fraction of sp³-hybridized carbons (Fsp3) is 0.571. The lowest BCUT2D eigenvalue weighted by molar-refractivity contribution is -0.0496. The van der Waals surface area contributed by atoms with Gasteiger partial charge in [0.2, 0.25) is 5.92 Å². The van der Waals surface area contributed by atoms with Crippen molar-refractivity contribution in [3.8, 4) is 0 Å². The van der Waals surface area contributed by atoms with E-state index in [2.05, 4.69) is 24.4 Å². The van der Waals surface area contributed by atoms with Gasteiger partial charge < -0.3 is 5.32 Å². The fourth-order valence-electron chi connectivity index (χ4n) is 3.24. The summed E-state index contributed by atoms with van der Waals surface area (Å²) in [4.78, 5) is 0. The zero-order valence-electron chi connectivity index (χ0n) is 10.0. The zero-order chi connectivity index (χ0) is 12.1. The standard InChI is InChI=1S/C14H17F2N/c1-10-3-2-4-11-12(10)17-9-13(11)5-7-14(15,16)8-6-13/h2-4,17H,5-9H2,1H3. The zero-order valence-corrected chi connectivity index (χ0v) is 10.0. The van der Waals surface area contributed by atoms with Crippen molar-refractivity contribution < 1.29 is 8.78 Å². The number of para-hydroxylation sites is 1. The van der Waals surface area contributed by atoms with Gasteiger partial charge >= 0.3 is 0 Å². The molecule has 1 N–H and O–H groups in total. The Hall–Kier alpha value is -1.12. The predicted octanol–water partition coefficient (Wildman–Crippen LogP) is 3.87. The lowest BCUT2D eigenvalue weighted by Gasteiger charge is -2.37. The molecule has 2 aliphatic rings. The van der Waals surface area contributed by atoms with Crippen LogP contribution in [0, 0.1) is 6.92 Å². The summed E-state index contributed by atoms with van der Waals surface area (Å²) in [6.07, 6.45) is 1.26. The Bertz CT molecular complexity index is 444. The van der Waals surface area contributed by atoms with Crippen molar-refractivity contribution in [3.63, 3.8) is 0 Å². The van der Waals surface area contributed by atoms with Crippen LogP contribution in [-0.2, 0) is 5.41 Å². The van der Waals surface area contributed by atoms with Crippen LogP contribution in [0.3, 0.4) is 0 Å². The van der Waals surface area contributed by atoms with Crippen LogP contribution < -0.4 is 5.32 Å². The summed E-state index contributed by atoms with van der Waals surface area (Å²) < 4.78 is 26.6. The number of rotatable bonds is 0. The van der Waals surface area contributed by atoms with Gasteiger partial charge in [-0.15, -0.1) is 0 Å². The quantitative estimate of drug-likeness (QED) is 0.722. The van der Waals surface area contributed by atoms with Crippen LogP contribution in [0.15, 0.2) is 18.2 Å². The normalized spacial score (nSPS) is 24.4. The fourth-order valence-corrected chi connectivity index (χ4v) is 3.24. The summed E-state index contributed by atoms with van der Waals surface area (Å²) >= 11 is 0. The molecule has 1 aromatic carbocycles. The third kappa shape index (κ3) is 1.63. The molecule has 0 atom stereocenters. The van der Waals surface area contributed by atoms with E-state index in [1.54, 1.807) is 0 Å². The molecule has 1 aliphatic heterocycles. The number of hydrogen-bond acceptors (Lipinski definition) is 1. The summed E-state index contributed by atoms with van der Waals surface area (Å²) in [5.74, 6) is -2.45. The highest BCUT2D eigenvalue weighted by Gasteiger charge is 2.47. The molecule has 0 radical (unpaired) electrons. The lowest BCUT2D eigenvalue weighted by atomic mass is 9.69. The van der Waals surface area contributed by atoms with E-state index >= 15 is 0 Å². The number of hydrogen-bond donors (Lipinski definition) is 1. The molecule has 17 heavy (non-hydrogen) atoms. The van der Waals surface area contributed by atoms with Crippen molar-refractivity contribution >= 4 is 5.69 Å². The Labute approximate surface area is 100 Å². The maximum atomic E-state index is 13.3. The van der Waals surface area contributed by atoms with Gasteiger partial charge in [0.05, 0.1) is 0 Å². The maximum Gasteiger partial charge on any atom is 0.248 e. The van der Waals surface area contributed by atoms with Gasteiger partial charge in [-0.1, -0.05) is 18.2 Å². The minimum absolute atomic E-state index is 0.0298. The van der Waals surface area contributed by atoms with Crippen LogP contribution in [0.2, 0.25) is 0 Å². The average molecular weight is 237 g/mol. The summed E-state index contributed by atoms with van der Waals surface area (Å²) in [5.41, 5.74) is 3.62. The largest absolute Gasteiger partial charge is 0.384 e. The summed E-state index contributed by atoms with van der Waals surface area (Å²) in [5, 5.41) is 3.41. The van der Waals surface area contributed by atoms with Crippen LogP contribution in [0.1, 0.15) is 36.8 Å². The third-order valence-corrected chi connectivity index (χ3v) is 4.39. The van der Waals surface area contributed by atoms with Crippen LogP contribution in [0.5, 0.6) is 0 Å². The minimum atomic E-state index is -2.45. The molecule has 1 heterocycles.